The van der Waals surface area contributed by atoms with Crippen molar-refractivity contribution in [2.24, 2.45) is 0 Å². The van der Waals surface area contributed by atoms with Crippen molar-refractivity contribution in [1.82, 2.24) is 4.98 Å². The molecule has 3 heteroatoms. The first-order valence-corrected chi connectivity index (χ1v) is 13.5. The molecule has 0 aliphatic rings. The number of fused-ring (bicyclic) bond motifs is 11. The Labute approximate surface area is 228 Å². The summed E-state index contributed by atoms with van der Waals surface area (Å²) < 4.78 is 13.3. The summed E-state index contributed by atoms with van der Waals surface area (Å²) in [6, 6.07) is 42.3. The number of rotatable bonds is 2. The summed E-state index contributed by atoms with van der Waals surface area (Å²) in [6.07, 6.45) is 1.90. The first-order valence-electron chi connectivity index (χ1n) is 13.5. The highest BCUT2D eigenvalue weighted by molar-refractivity contribution is 6.31. The van der Waals surface area contributed by atoms with Gasteiger partial charge in [0.2, 0.25) is 0 Å². The Morgan fingerprint density at radius 2 is 1.10 bits per heavy atom. The summed E-state index contributed by atoms with van der Waals surface area (Å²) >= 11 is 0. The Kier molecular flexibility index (Phi) is 4.33. The average Bonchev–Trinajstić information content (AvgIpc) is 3.60. The van der Waals surface area contributed by atoms with E-state index in [1.807, 2.05) is 24.4 Å². The molecule has 0 aliphatic heterocycles. The highest BCUT2D eigenvalue weighted by Gasteiger charge is 2.23. The van der Waals surface area contributed by atoms with Gasteiger partial charge < -0.3 is 8.83 Å². The van der Waals surface area contributed by atoms with Gasteiger partial charge in [-0.3, -0.25) is 4.98 Å². The van der Waals surface area contributed by atoms with Crippen molar-refractivity contribution in [2.45, 2.75) is 0 Å². The van der Waals surface area contributed by atoms with Crippen LogP contribution in [0.3, 0.4) is 0 Å². The zero-order valence-corrected chi connectivity index (χ0v) is 21.4. The number of hydrogen-bond acceptors (Lipinski definition) is 3. The first kappa shape index (κ1) is 21.5. The van der Waals surface area contributed by atoms with Crippen LogP contribution in [0.5, 0.6) is 0 Å². The molecule has 0 N–H and O–H groups in total. The van der Waals surface area contributed by atoms with Gasteiger partial charge in [-0.05, 0) is 63.0 Å². The van der Waals surface area contributed by atoms with Crippen LogP contribution in [0.25, 0.3) is 87.8 Å². The lowest BCUT2D eigenvalue weighted by molar-refractivity contribution is 0.633. The summed E-state index contributed by atoms with van der Waals surface area (Å²) in [5.41, 5.74) is 7.48. The molecule has 0 aliphatic carbocycles. The third-order valence-electron chi connectivity index (χ3n) is 8.10. The van der Waals surface area contributed by atoms with Crippen LogP contribution in [-0.4, -0.2) is 4.98 Å². The molecule has 0 saturated carbocycles. The van der Waals surface area contributed by atoms with E-state index in [2.05, 4.69) is 103 Å². The minimum Gasteiger partial charge on any atom is -0.452 e. The molecule has 186 valence electrons. The normalized spacial score (nSPS) is 12.0. The molecule has 3 heterocycles. The molecule has 0 atom stereocenters. The third kappa shape index (κ3) is 2.97. The fraction of sp³-hybridized carbons (Fsp3) is 0. The van der Waals surface area contributed by atoms with Gasteiger partial charge in [0.25, 0.3) is 0 Å². The molecule has 3 nitrogen and oxygen atoms in total. The predicted molar refractivity (Wildman–Crippen MR) is 165 cm³/mol. The van der Waals surface area contributed by atoms with E-state index in [1.54, 1.807) is 0 Å². The standard InChI is InChI=1S/C37H21NO2/c1-2-10-24(11-3-1)30-20-25(18-19-38-30)28-21-29-33-26-12-6-4-8-22(26)14-16-31(33)39-36(29)37-35(28)34-27-13-7-5-9-23(27)15-17-32(34)40-37/h1-21H. The lowest BCUT2D eigenvalue weighted by Crippen LogP contribution is -1.87. The minimum absolute atomic E-state index is 0.775. The fourth-order valence-electron chi connectivity index (χ4n) is 6.29. The average molecular weight is 512 g/mol. The van der Waals surface area contributed by atoms with E-state index in [4.69, 9.17) is 13.8 Å². The Balaban J connectivity index is 1.49. The maximum Gasteiger partial charge on any atom is 0.179 e. The molecule has 9 aromatic rings. The molecule has 0 unspecified atom stereocenters. The smallest absolute Gasteiger partial charge is 0.179 e. The number of nitrogens with zero attached hydrogens (tertiary/aromatic N) is 1. The van der Waals surface area contributed by atoms with Crippen molar-refractivity contribution in [3.8, 4) is 22.4 Å². The fourth-order valence-corrected chi connectivity index (χ4v) is 6.29. The number of benzene rings is 6. The van der Waals surface area contributed by atoms with Crippen molar-refractivity contribution in [1.29, 1.82) is 0 Å². The first-order chi connectivity index (χ1) is 19.8. The molecule has 9 rings (SSSR count). The summed E-state index contributed by atoms with van der Waals surface area (Å²) in [7, 11) is 0. The Morgan fingerprint density at radius 3 is 1.88 bits per heavy atom. The van der Waals surface area contributed by atoms with Crippen LogP contribution in [-0.2, 0) is 0 Å². The third-order valence-corrected chi connectivity index (χ3v) is 8.10. The van der Waals surface area contributed by atoms with Crippen LogP contribution in [0.15, 0.2) is 136 Å². The van der Waals surface area contributed by atoms with Crippen LogP contribution in [0.1, 0.15) is 0 Å². The number of aromatic nitrogens is 1. The van der Waals surface area contributed by atoms with Crippen LogP contribution in [0.4, 0.5) is 0 Å². The van der Waals surface area contributed by atoms with Crippen LogP contribution < -0.4 is 0 Å². The van der Waals surface area contributed by atoms with E-state index in [1.165, 1.54) is 21.5 Å². The second-order valence-electron chi connectivity index (χ2n) is 10.3. The molecule has 40 heavy (non-hydrogen) atoms. The van der Waals surface area contributed by atoms with E-state index >= 15 is 0 Å². The zero-order valence-electron chi connectivity index (χ0n) is 21.4. The summed E-state index contributed by atoms with van der Waals surface area (Å²) in [5.74, 6) is 0. The van der Waals surface area contributed by atoms with Crippen molar-refractivity contribution in [2.75, 3.05) is 0 Å². The molecule has 0 saturated heterocycles. The second-order valence-corrected chi connectivity index (χ2v) is 10.3. The van der Waals surface area contributed by atoms with Gasteiger partial charge in [0.05, 0.1) is 5.69 Å². The Morgan fingerprint density at radius 1 is 0.450 bits per heavy atom. The van der Waals surface area contributed by atoms with Gasteiger partial charge in [-0.1, -0.05) is 91.0 Å². The summed E-state index contributed by atoms with van der Waals surface area (Å²) in [4.78, 5) is 4.72. The van der Waals surface area contributed by atoms with Gasteiger partial charge in [-0.15, -0.1) is 0 Å². The predicted octanol–water partition coefficient (Wildman–Crippen LogP) is 10.5. The topological polar surface area (TPSA) is 39.2 Å². The van der Waals surface area contributed by atoms with Gasteiger partial charge in [0.1, 0.15) is 11.2 Å². The van der Waals surface area contributed by atoms with E-state index < -0.39 is 0 Å². The number of hydrogen-bond donors (Lipinski definition) is 0. The number of pyridine rings is 1. The lowest BCUT2D eigenvalue weighted by atomic mass is 9.94. The SMILES string of the molecule is c1ccc(-c2cc(-c3cc4c(oc5ccc6ccccc6c54)c4oc5ccc6ccccc6c5c34)ccn2)cc1. The van der Waals surface area contributed by atoms with Gasteiger partial charge in [0, 0.05) is 33.3 Å². The van der Waals surface area contributed by atoms with Gasteiger partial charge in [-0.25, -0.2) is 0 Å². The van der Waals surface area contributed by atoms with Gasteiger partial charge in [0.15, 0.2) is 11.2 Å². The zero-order chi connectivity index (χ0) is 26.2. The maximum atomic E-state index is 6.68. The van der Waals surface area contributed by atoms with Gasteiger partial charge in [-0.2, -0.15) is 0 Å². The molecule has 3 aromatic heterocycles. The minimum atomic E-state index is 0.775. The van der Waals surface area contributed by atoms with Crippen molar-refractivity contribution in [3.05, 3.63) is 128 Å². The second kappa shape index (κ2) is 8.05. The molecule has 0 amide bonds. The van der Waals surface area contributed by atoms with Gasteiger partial charge >= 0.3 is 0 Å². The van der Waals surface area contributed by atoms with E-state index in [-0.39, 0.29) is 0 Å². The maximum absolute atomic E-state index is 6.68. The van der Waals surface area contributed by atoms with E-state index in [0.717, 1.165) is 66.3 Å². The van der Waals surface area contributed by atoms with Crippen molar-refractivity contribution < 1.29 is 8.83 Å². The molecular weight excluding hydrogens is 490 g/mol. The van der Waals surface area contributed by atoms with E-state index in [9.17, 15) is 0 Å². The van der Waals surface area contributed by atoms with Crippen LogP contribution in [0.2, 0.25) is 0 Å². The van der Waals surface area contributed by atoms with Crippen molar-refractivity contribution >= 4 is 65.4 Å². The molecule has 6 aromatic carbocycles. The molecule has 0 bridgehead atoms. The summed E-state index contributed by atoms with van der Waals surface area (Å²) in [5, 5.41) is 9.03. The van der Waals surface area contributed by atoms with E-state index in [0.29, 0.717) is 0 Å². The van der Waals surface area contributed by atoms with Crippen LogP contribution in [0, 0.1) is 0 Å². The monoisotopic (exact) mass is 511 g/mol. The highest BCUT2D eigenvalue weighted by Crippen LogP contribution is 2.47. The van der Waals surface area contributed by atoms with Crippen molar-refractivity contribution in [3.63, 3.8) is 0 Å². The van der Waals surface area contributed by atoms with Crippen LogP contribution >= 0.6 is 0 Å². The highest BCUT2D eigenvalue weighted by atomic mass is 16.4. The molecule has 0 spiro atoms. The molecular formula is C37H21NO2. The largest absolute Gasteiger partial charge is 0.452 e. The molecule has 0 fully saturated rings. The Hall–Kier alpha value is -5.41. The lowest BCUT2D eigenvalue weighted by Gasteiger charge is -2.09. The quantitative estimate of drug-likeness (QED) is 0.232. The molecule has 0 radical (unpaired) electrons. The summed E-state index contributed by atoms with van der Waals surface area (Å²) in [6.45, 7) is 0. The Bertz CT molecular complexity index is 2430. The number of furan rings is 2.